The molecule has 2 aromatic carbocycles. The van der Waals surface area contributed by atoms with Crippen LogP contribution in [0.25, 0.3) is 0 Å². The molecule has 1 aromatic heterocycles. The molecular formula is C19H15N3O2S2. The van der Waals surface area contributed by atoms with Gasteiger partial charge in [-0.15, -0.1) is 25.3 Å². The maximum Gasteiger partial charge on any atom is 0.274 e. The Labute approximate surface area is 161 Å². The number of nitrogens with one attached hydrogen (secondary N) is 2. The van der Waals surface area contributed by atoms with Gasteiger partial charge in [-0.05, 0) is 48.5 Å². The van der Waals surface area contributed by atoms with E-state index in [9.17, 15) is 9.59 Å². The van der Waals surface area contributed by atoms with Crippen LogP contribution in [0.2, 0.25) is 0 Å². The minimum Gasteiger partial charge on any atom is -0.321 e. The van der Waals surface area contributed by atoms with Gasteiger partial charge >= 0.3 is 0 Å². The fraction of sp³-hybridized carbons (Fsp3) is 0. The molecule has 0 radical (unpaired) electrons. The van der Waals surface area contributed by atoms with Gasteiger partial charge in [0.25, 0.3) is 11.8 Å². The van der Waals surface area contributed by atoms with Crippen LogP contribution in [0.5, 0.6) is 0 Å². The lowest BCUT2D eigenvalue weighted by atomic mass is 10.2. The highest BCUT2D eigenvalue weighted by Gasteiger charge is 2.13. The lowest BCUT2D eigenvalue weighted by molar-refractivity contribution is 0.101. The van der Waals surface area contributed by atoms with Gasteiger partial charge in [0.2, 0.25) is 0 Å². The van der Waals surface area contributed by atoms with Crippen LogP contribution in [0, 0.1) is 0 Å². The second-order valence-electron chi connectivity index (χ2n) is 5.42. The first-order valence-corrected chi connectivity index (χ1v) is 8.58. The van der Waals surface area contributed by atoms with Gasteiger partial charge in [0.1, 0.15) is 11.4 Å². The van der Waals surface area contributed by atoms with E-state index in [2.05, 4.69) is 40.9 Å². The van der Waals surface area contributed by atoms with Gasteiger partial charge in [-0.25, -0.2) is 4.98 Å². The monoisotopic (exact) mass is 381 g/mol. The fourth-order valence-electron chi connectivity index (χ4n) is 2.25. The number of amides is 2. The highest BCUT2D eigenvalue weighted by Crippen LogP contribution is 2.16. The molecule has 130 valence electrons. The maximum atomic E-state index is 12.4. The van der Waals surface area contributed by atoms with Crippen LogP contribution in [0.15, 0.2) is 76.5 Å². The van der Waals surface area contributed by atoms with Crippen molar-refractivity contribution in [2.75, 3.05) is 10.6 Å². The molecule has 0 fully saturated rings. The molecule has 0 bridgehead atoms. The van der Waals surface area contributed by atoms with Crippen LogP contribution in [0.4, 0.5) is 11.4 Å². The Morgan fingerprint density at radius 3 is 1.54 bits per heavy atom. The van der Waals surface area contributed by atoms with Gasteiger partial charge in [-0.3, -0.25) is 9.59 Å². The van der Waals surface area contributed by atoms with Gasteiger partial charge in [-0.2, -0.15) is 0 Å². The van der Waals surface area contributed by atoms with E-state index in [-0.39, 0.29) is 11.4 Å². The molecule has 1 heterocycles. The van der Waals surface area contributed by atoms with Crippen LogP contribution in [0.1, 0.15) is 21.0 Å². The Morgan fingerprint density at radius 1 is 0.692 bits per heavy atom. The van der Waals surface area contributed by atoms with E-state index in [0.717, 1.165) is 9.79 Å². The van der Waals surface area contributed by atoms with Crippen molar-refractivity contribution in [2.24, 2.45) is 0 Å². The van der Waals surface area contributed by atoms with Gasteiger partial charge in [-0.1, -0.05) is 18.2 Å². The van der Waals surface area contributed by atoms with Crippen molar-refractivity contribution >= 4 is 48.4 Å². The average Bonchev–Trinajstić information content (AvgIpc) is 2.62. The molecule has 0 spiro atoms. The Balaban J connectivity index is 1.75. The Kier molecular flexibility index (Phi) is 5.60. The minimum atomic E-state index is -0.407. The summed E-state index contributed by atoms with van der Waals surface area (Å²) >= 11 is 8.47. The molecule has 0 atom stereocenters. The van der Waals surface area contributed by atoms with Gasteiger partial charge in [0.05, 0.1) is 0 Å². The van der Waals surface area contributed by atoms with Crippen LogP contribution in [-0.2, 0) is 0 Å². The lowest BCUT2D eigenvalue weighted by Gasteiger charge is -2.08. The normalized spacial score (nSPS) is 10.2. The van der Waals surface area contributed by atoms with Crippen LogP contribution < -0.4 is 10.6 Å². The minimum absolute atomic E-state index is 0.144. The van der Waals surface area contributed by atoms with Crippen molar-refractivity contribution in [1.29, 1.82) is 0 Å². The smallest absolute Gasteiger partial charge is 0.274 e. The standard InChI is InChI=1S/C19H15N3O2S2/c23-18(20-12-4-1-6-14(25)10-12)16-8-3-9-17(22-16)19(24)21-13-5-2-7-15(26)11-13/h1-11,25-26H,(H,20,23)(H,21,24). The van der Waals surface area contributed by atoms with E-state index < -0.39 is 11.8 Å². The third-order valence-electron chi connectivity index (χ3n) is 3.42. The van der Waals surface area contributed by atoms with E-state index in [1.54, 1.807) is 54.6 Å². The first-order valence-electron chi connectivity index (χ1n) is 7.69. The van der Waals surface area contributed by atoms with E-state index in [1.165, 1.54) is 0 Å². The van der Waals surface area contributed by atoms with Crippen LogP contribution >= 0.6 is 25.3 Å². The van der Waals surface area contributed by atoms with Crippen molar-refractivity contribution in [3.8, 4) is 0 Å². The molecule has 2 amide bonds. The summed E-state index contributed by atoms with van der Waals surface area (Å²) < 4.78 is 0. The van der Waals surface area contributed by atoms with Crippen LogP contribution in [0.3, 0.4) is 0 Å². The number of benzene rings is 2. The molecular weight excluding hydrogens is 366 g/mol. The molecule has 0 aliphatic carbocycles. The summed E-state index contributed by atoms with van der Waals surface area (Å²) in [4.78, 5) is 30.3. The number of carbonyl (C=O) groups excluding carboxylic acids is 2. The quantitative estimate of drug-likeness (QED) is 0.513. The summed E-state index contributed by atoms with van der Waals surface area (Å²) in [5.74, 6) is -0.813. The summed E-state index contributed by atoms with van der Waals surface area (Å²) in [7, 11) is 0. The first kappa shape index (κ1) is 18.0. The van der Waals surface area contributed by atoms with Crippen molar-refractivity contribution < 1.29 is 9.59 Å². The van der Waals surface area contributed by atoms with Crippen molar-refractivity contribution in [3.63, 3.8) is 0 Å². The van der Waals surface area contributed by atoms with Crippen molar-refractivity contribution in [3.05, 3.63) is 78.1 Å². The number of hydrogen-bond acceptors (Lipinski definition) is 5. The molecule has 7 heteroatoms. The zero-order valence-corrected chi connectivity index (χ0v) is 15.3. The van der Waals surface area contributed by atoms with E-state index in [4.69, 9.17) is 0 Å². The molecule has 26 heavy (non-hydrogen) atoms. The molecule has 0 unspecified atom stereocenters. The second kappa shape index (κ2) is 8.07. The molecule has 2 N–H and O–H groups in total. The summed E-state index contributed by atoms with van der Waals surface area (Å²) in [5.41, 5.74) is 1.49. The maximum absolute atomic E-state index is 12.4. The number of nitrogens with zero attached hydrogens (tertiary/aromatic N) is 1. The Morgan fingerprint density at radius 2 is 1.12 bits per heavy atom. The number of hydrogen-bond donors (Lipinski definition) is 4. The number of aromatic nitrogens is 1. The Bertz CT molecular complexity index is 902. The summed E-state index contributed by atoms with van der Waals surface area (Å²) in [6, 6.07) is 18.8. The highest BCUT2D eigenvalue weighted by molar-refractivity contribution is 7.80. The molecule has 3 rings (SSSR count). The molecule has 0 saturated heterocycles. The van der Waals surface area contributed by atoms with Crippen molar-refractivity contribution in [2.45, 2.75) is 9.79 Å². The predicted molar refractivity (Wildman–Crippen MR) is 108 cm³/mol. The molecule has 5 nitrogen and oxygen atoms in total. The third kappa shape index (κ3) is 4.65. The number of pyridine rings is 1. The summed E-state index contributed by atoms with van der Waals surface area (Å²) in [6.07, 6.45) is 0. The van der Waals surface area contributed by atoms with Crippen molar-refractivity contribution in [1.82, 2.24) is 4.98 Å². The van der Waals surface area contributed by atoms with E-state index in [1.807, 2.05) is 12.1 Å². The molecule has 0 saturated carbocycles. The summed E-state index contributed by atoms with van der Waals surface area (Å²) in [6.45, 7) is 0. The van der Waals surface area contributed by atoms with E-state index in [0.29, 0.717) is 11.4 Å². The third-order valence-corrected chi connectivity index (χ3v) is 3.98. The van der Waals surface area contributed by atoms with E-state index >= 15 is 0 Å². The SMILES string of the molecule is O=C(Nc1cccc(S)c1)c1cccc(C(=O)Nc2cccc(S)c2)n1. The lowest BCUT2D eigenvalue weighted by Crippen LogP contribution is -2.18. The first-order chi connectivity index (χ1) is 12.5. The van der Waals surface area contributed by atoms with Gasteiger partial charge in [0.15, 0.2) is 0 Å². The molecule has 0 aliphatic heterocycles. The zero-order chi connectivity index (χ0) is 18.5. The fourth-order valence-corrected chi connectivity index (χ4v) is 2.70. The number of rotatable bonds is 4. The Hall–Kier alpha value is -2.77. The highest BCUT2D eigenvalue weighted by atomic mass is 32.1. The van der Waals surface area contributed by atoms with Crippen LogP contribution in [-0.4, -0.2) is 16.8 Å². The number of anilines is 2. The predicted octanol–water partition coefficient (Wildman–Crippen LogP) is 4.16. The van der Waals surface area contributed by atoms with Gasteiger partial charge in [0, 0.05) is 21.2 Å². The summed E-state index contributed by atoms with van der Waals surface area (Å²) in [5, 5.41) is 5.46. The number of carbonyl (C=O) groups is 2. The van der Waals surface area contributed by atoms with Gasteiger partial charge < -0.3 is 10.6 Å². The molecule has 3 aromatic rings. The average molecular weight is 381 g/mol. The largest absolute Gasteiger partial charge is 0.321 e. The zero-order valence-electron chi connectivity index (χ0n) is 13.5. The number of thiol groups is 2. The molecule has 0 aliphatic rings. The second-order valence-corrected chi connectivity index (χ2v) is 6.45. The topological polar surface area (TPSA) is 71.1 Å².